The number of aliphatic hydroxyl groups is 2. The lowest BCUT2D eigenvalue weighted by Crippen LogP contribution is -2.52. The van der Waals surface area contributed by atoms with E-state index in [9.17, 15) is 32.1 Å². The average Bonchev–Trinajstić information content (AvgIpc) is 3.34. The van der Waals surface area contributed by atoms with Gasteiger partial charge in [-0.1, -0.05) is 0 Å². The van der Waals surface area contributed by atoms with E-state index in [0.717, 1.165) is 6.07 Å². The normalized spacial score (nSPS) is 18.1. The molecule has 0 bridgehead atoms. The summed E-state index contributed by atoms with van der Waals surface area (Å²) in [5.74, 6) is -0.588. The van der Waals surface area contributed by atoms with Crippen LogP contribution in [0.3, 0.4) is 0 Å². The fourth-order valence-corrected chi connectivity index (χ4v) is 5.58. The van der Waals surface area contributed by atoms with Gasteiger partial charge < -0.3 is 34.3 Å². The van der Waals surface area contributed by atoms with E-state index >= 15 is 0 Å². The smallest absolute Gasteiger partial charge is 0.424 e. The molecular formula is C31H37F3N4O8S. The second-order valence-electron chi connectivity index (χ2n) is 12.2. The summed E-state index contributed by atoms with van der Waals surface area (Å²) < 4.78 is 77.6. The quantitative estimate of drug-likeness (QED) is 0.238. The molecule has 1 aromatic carbocycles. The van der Waals surface area contributed by atoms with Gasteiger partial charge in [-0.2, -0.15) is 13.2 Å². The van der Waals surface area contributed by atoms with Crippen LogP contribution in [0.5, 0.6) is 17.2 Å². The molecule has 3 heterocycles. The van der Waals surface area contributed by atoms with Gasteiger partial charge >= 0.3 is 6.18 Å². The van der Waals surface area contributed by atoms with Crippen LogP contribution >= 0.6 is 0 Å². The molecule has 2 aromatic heterocycles. The number of carbonyl (C=O) groups excluding carboxylic acids is 1. The summed E-state index contributed by atoms with van der Waals surface area (Å²) in [6.45, 7) is 4.97. The van der Waals surface area contributed by atoms with E-state index in [-0.39, 0.29) is 65.0 Å². The zero-order valence-corrected chi connectivity index (χ0v) is 27.5. The summed E-state index contributed by atoms with van der Waals surface area (Å²) in [5, 5.41) is 22.5. The van der Waals surface area contributed by atoms with Crippen molar-refractivity contribution in [2.24, 2.45) is 7.05 Å². The molecule has 12 nitrogen and oxygen atoms in total. The van der Waals surface area contributed by atoms with Crippen LogP contribution in [-0.2, 0) is 29.2 Å². The largest absolute Gasteiger partial charge is 0.493 e. The molecule has 4 N–H and O–H groups in total. The first kappa shape index (κ1) is 35.9. The standard InChI is InChI=1S/C31H37F3N4O8S/c1-28(2,3)47(43)37-29(4)17-46-26-20(29)14-23(36-25(26)19-8-10-24(40)38(5)15-19)30(42,31(32,33)34)16-35-27(41)18-7-9-21(45-12-11-39)22(13-18)44-6/h7-10,13-15,37,39,42H,11-12,16-17H2,1-6H3,(H,35,41). The summed E-state index contributed by atoms with van der Waals surface area (Å²) in [6, 6.07) is 7.48. The van der Waals surface area contributed by atoms with Gasteiger partial charge in [0.25, 0.3) is 5.91 Å². The van der Waals surface area contributed by atoms with E-state index in [1.54, 1.807) is 27.7 Å². The molecule has 3 atom stereocenters. The second kappa shape index (κ2) is 13.3. The average molecular weight is 683 g/mol. The third-order valence-electron chi connectivity index (χ3n) is 7.48. The molecule has 256 valence electrons. The lowest BCUT2D eigenvalue weighted by atomic mass is 9.89. The highest BCUT2D eigenvalue weighted by atomic mass is 32.2. The lowest BCUT2D eigenvalue weighted by Gasteiger charge is -2.32. The molecule has 0 radical (unpaired) electrons. The zero-order chi connectivity index (χ0) is 34.9. The maximum absolute atomic E-state index is 14.9. The molecule has 1 amide bonds. The number of rotatable bonds is 11. The maximum Gasteiger partial charge on any atom is 0.424 e. The number of carbonyl (C=O) groups is 1. The van der Waals surface area contributed by atoms with Gasteiger partial charge in [-0.05, 0) is 58.0 Å². The van der Waals surface area contributed by atoms with Crippen LogP contribution in [0.15, 0.2) is 47.4 Å². The van der Waals surface area contributed by atoms with E-state index in [2.05, 4.69) is 15.0 Å². The van der Waals surface area contributed by atoms with Crippen molar-refractivity contribution in [3.05, 3.63) is 69.8 Å². The van der Waals surface area contributed by atoms with Crippen molar-refractivity contribution in [1.29, 1.82) is 0 Å². The summed E-state index contributed by atoms with van der Waals surface area (Å²) in [4.78, 5) is 29.4. The Balaban J connectivity index is 1.81. The summed E-state index contributed by atoms with van der Waals surface area (Å²) in [6.07, 6.45) is -3.98. The number of aliphatic hydroxyl groups excluding tert-OH is 1. The Hall–Kier alpha value is -3.99. The van der Waals surface area contributed by atoms with Crippen LogP contribution < -0.4 is 29.8 Å². The van der Waals surface area contributed by atoms with E-state index in [1.165, 1.54) is 55.3 Å². The Bertz CT molecular complexity index is 1740. The number of ether oxygens (including phenoxy) is 3. The zero-order valence-electron chi connectivity index (χ0n) is 26.7. The summed E-state index contributed by atoms with van der Waals surface area (Å²) >= 11 is 0. The number of aryl methyl sites for hydroxylation is 1. The third kappa shape index (κ3) is 7.30. The van der Waals surface area contributed by atoms with Crippen molar-refractivity contribution in [2.45, 2.75) is 49.8 Å². The van der Waals surface area contributed by atoms with Gasteiger partial charge in [0.05, 0.1) is 47.2 Å². The van der Waals surface area contributed by atoms with Crippen LogP contribution in [0.25, 0.3) is 11.3 Å². The molecule has 0 aliphatic carbocycles. The molecule has 3 unspecified atom stereocenters. The Morgan fingerprint density at radius 3 is 2.47 bits per heavy atom. The van der Waals surface area contributed by atoms with Crippen molar-refractivity contribution >= 4 is 16.9 Å². The minimum Gasteiger partial charge on any atom is -0.493 e. The molecule has 0 saturated heterocycles. The number of halogens is 3. The van der Waals surface area contributed by atoms with Crippen molar-refractivity contribution in [2.75, 3.05) is 33.5 Å². The molecule has 0 fully saturated rings. The van der Waals surface area contributed by atoms with Crippen molar-refractivity contribution in [3.8, 4) is 28.5 Å². The van der Waals surface area contributed by atoms with Crippen LogP contribution in [0.4, 0.5) is 13.2 Å². The Labute approximate surface area is 271 Å². The highest BCUT2D eigenvalue weighted by Gasteiger charge is 2.57. The number of nitrogens with zero attached hydrogens (tertiary/aromatic N) is 2. The number of hydrogen-bond acceptors (Lipinski definition) is 9. The number of amides is 1. The molecule has 16 heteroatoms. The number of benzene rings is 1. The first-order valence-corrected chi connectivity index (χ1v) is 15.5. The van der Waals surface area contributed by atoms with E-state index in [4.69, 9.17) is 19.3 Å². The van der Waals surface area contributed by atoms with Gasteiger partial charge in [-0.25, -0.2) is 13.9 Å². The van der Waals surface area contributed by atoms with Crippen molar-refractivity contribution in [1.82, 2.24) is 19.6 Å². The molecular weight excluding hydrogens is 645 g/mol. The summed E-state index contributed by atoms with van der Waals surface area (Å²) in [7, 11) is 1.07. The first-order chi connectivity index (χ1) is 21.8. The maximum atomic E-state index is 14.9. The molecule has 1 aliphatic rings. The number of alkyl halides is 3. The molecule has 0 saturated carbocycles. The predicted molar refractivity (Wildman–Crippen MR) is 167 cm³/mol. The molecule has 4 rings (SSSR count). The van der Waals surface area contributed by atoms with Gasteiger partial charge in [0.15, 0.2) is 17.2 Å². The number of pyridine rings is 2. The van der Waals surface area contributed by atoms with Gasteiger partial charge in [0.2, 0.25) is 11.2 Å². The number of nitrogens with one attached hydrogen (secondary N) is 2. The van der Waals surface area contributed by atoms with Gasteiger partial charge in [-0.15, -0.1) is 0 Å². The van der Waals surface area contributed by atoms with E-state index in [0.29, 0.717) is 0 Å². The van der Waals surface area contributed by atoms with Gasteiger partial charge in [0, 0.05) is 36.0 Å². The number of fused-ring (bicyclic) bond motifs is 1. The van der Waals surface area contributed by atoms with Crippen molar-refractivity contribution in [3.63, 3.8) is 0 Å². The minimum absolute atomic E-state index is 0.0543. The monoisotopic (exact) mass is 682 g/mol. The fourth-order valence-electron chi connectivity index (χ4n) is 4.70. The lowest BCUT2D eigenvalue weighted by molar-refractivity contribution is -0.265. The first-order valence-electron chi connectivity index (χ1n) is 14.4. The fraction of sp³-hybridized carbons (Fsp3) is 0.452. The third-order valence-corrected chi connectivity index (χ3v) is 9.23. The highest BCUT2D eigenvalue weighted by Crippen LogP contribution is 2.47. The van der Waals surface area contributed by atoms with Gasteiger partial charge in [-0.3, -0.25) is 9.59 Å². The summed E-state index contributed by atoms with van der Waals surface area (Å²) in [5.41, 5.74) is -6.08. The van der Waals surface area contributed by atoms with Crippen LogP contribution in [0.1, 0.15) is 49.3 Å². The second-order valence-corrected chi connectivity index (χ2v) is 14.1. The van der Waals surface area contributed by atoms with Crippen LogP contribution in [0, 0.1) is 0 Å². The molecule has 3 aromatic rings. The van der Waals surface area contributed by atoms with Gasteiger partial charge in [0.1, 0.15) is 18.9 Å². The molecule has 47 heavy (non-hydrogen) atoms. The predicted octanol–water partition coefficient (Wildman–Crippen LogP) is 2.67. The number of aromatic nitrogens is 2. The molecule has 1 aliphatic heterocycles. The van der Waals surface area contributed by atoms with Crippen LogP contribution in [0.2, 0.25) is 0 Å². The highest BCUT2D eigenvalue weighted by molar-refractivity contribution is 7.84. The van der Waals surface area contributed by atoms with E-state index < -0.39 is 51.2 Å². The molecule has 0 spiro atoms. The SMILES string of the molecule is COc1cc(C(=O)NCC(O)(c2cc3c(c(-c4ccc(=O)n(C)c4)n2)OCC3(C)NS(=O)C(C)(C)C)C(F)(F)F)ccc1OCCO. The minimum atomic E-state index is -5.35. The van der Waals surface area contributed by atoms with Crippen LogP contribution in [-0.4, -0.2) is 74.3 Å². The Morgan fingerprint density at radius 2 is 1.87 bits per heavy atom. The van der Waals surface area contributed by atoms with E-state index in [1.807, 2.05) is 0 Å². The number of methoxy groups -OCH3 is 1. The Morgan fingerprint density at radius 1 is 1.17 bits per heavy atom. The number of hydrogen-bond donors (Lipinski definition) is 4. The van der Waals surface area contributed by atoms with Crippen molar-refractivity contribution < 1.29 is 46.6 Å². The Kier molecular flexibility index (Phi) is 10.1. The topological polar surface area (TPSA) is 161 Å².